The quantitative estimate of drug-likeness (QED) is 0.613. The Morgan fingerprint density at radius 3 is 2.65 bits per heavy atom. The number of Topliss-reactive ketones (excluding diaryl/α,β-unsaturated/α-hetero) is 1. The summed E-state index contributed by atoms with van der Waals surface area (Å²) in [4.78, 5) is 24.9. The maximum Gasteiger partial charge on any atom is 0.245 e. The Kier molecular flexibility index (Phi) is 6.18. The largest absolute Gasteiger partial charge is 0.497 e. The Balaban J connectivity index is 2.41. The molecule has 0 aliphatic carbocycles. The molecule has 0 saturated carbocycles. The van der Waals surface area contributed by atoms with Crippen LogP contribution in [0.2, 0.25) is 0 Å². The van der Waals surface area contributed by atoms with Crippen LogP contribution in [0.25, 0.3) is 5.69 Å². The zero-order valence-electron chi connectivity index (χ0n) is 15.5. The maximum absolute atomic E-state index is 12.8. The van der Waals surface area contributed by atoms with Gasteiger partial charge >= 0.3 is 0 Å². The van der Waals surface area contributed by atoms with Crippen LogP contribution < -0.4 is 10.1 Å². The van der Waals surface area contributed by atoms with Crippen molar-refractivity contribution < 1.29 is 14.3 Å². The van der Waals surface area contributed by atoms with Crippen molar-refractivity contribution in [1.29, 1.82) is 5.26 Å². The van der Waals surface area contributed by atoms with Gasteiger partial charge in [0.05, 0.1) is 13.2 Å². The number of benzene rings is 1. The van der Waals surface area contributed by atoms with Crippen molar-refractivity contribution in [3.63, 3.8) is 0 Å². The van der Waals surface area contributed by atoms with E-state index in [0.717, 1.165) is 17.8 Å². The van der Waals surface area contributed by atoms with Gasteiger partial charge in [-0.3, -0.25) is 9.59 Å². The van der Waals surface area contributed by atoms with Crippen molar-refractivity contribution in [3.05, 3.63) is 47.3 Å². The van der Waals surface area contributed by atoms with Crippen molar-refractivity contribution in [2.45, 2.75) is 27.2 Å². The van der Waals surface area contributed by atoms with Crippen molar-refractivity contribution in [2.24, 2.45) is 5.92 Å². The van der Waals surface area contributed by atoms with Gasteiger partial charge in [0.25, 0.3) is 0 Å². The molecule has 0 aliphatic heterocycles. The Morgan fingerprint density at radius 1 is 1.31 bits per heavy atom. The Labute approximate surface area is 153 Å². The molecule has 0 aliphatic rings. The summed E-state index contributed by atoms with van der Waals surface area (Å²) in [5, 5.41) is 11.9. The number of rotatable bonds is 7. The van der Waals surface area contributed by atoms with E-state index in [-0.39, 0.29) is 0 Å². The molecule has 2 aromatic rings. The second-order valence-electron chi connectivity index (χ2n) is 6.04. The lowest BCUT2D eigenvalue weighted by Crippen LogP contribution is -2.35. The van der Waals surface area contributed by atoms with E-state index >= 15 is 0 Å². The number of ether oxygens (including phenoxy) is 1. The van der Waals surface area contributed by atoms with Crippen molar-refractivity contribution >= 4 is 11.7 Å². The molecule has 26 heavy (non-hydrogen) atoms. The summed E-state index contributed by atoms with van der Waals surface area (Å²) in [5.41, 5.74) is 2.75. The number of nitrogens with one attached hydrogen (secondary N) is 1. The van der Waals surface area contributed by atoms with Crippen molar-refractivity contribution in [1.82, 2.24) is 9.88 Å². The highest BCUT2D eigenvalue weighted by atomic mass is 16.5. The first-order valence-electron chi connectivity index (χ1n) is 8.49. The molecule has 6 nitrogen and oxygen atoms in total. The predicted octanol–water partition coefficient (Wildman–Crippen LogP) is 2.95. The summed E-state index contributed by atoms with van der Waals surface area (Å²) < 4.78 is 7.17. The second kappa shape index (κ2) is 8.34. The number of nitrogens with zero attached hydrogens (tertiary/aromatic N) is 2. The molecule has 0 spiro atoms. The highest BCUT2D eigenvalue weighted by molar-refractivity contribution is 6.12. The smallest absolute Gasteiger partial charge is 0.245 e. The van der Waals surface area contributed by atoms with Crippen molar-refractivity contribution in [3.8, 4) is 17.5 Å². The van der Waals surface area contributed by atoms with Crippen LogP contribution >= 0.6 is 0 Å². The molecule has 0 radical (unpaired) electrons. The van der Waals surface area contributed by atoms with Crippen LogP contribution in [0, 0.1) is 31.1 Å². The van der Waals surface area contributed by atoms with Crippen LogP contribution in [0.15, 0.2) is 30.3 Å². The first kappa shape index (κ1) is 19.3. The third-order valence-corrected chi connectivity index (χ3v) is 4.21. The van der Waals surface area contributed by atoms with E-state index in [2.05, 4.69) is 5.32 Å². The fourth-order valence-corrected chi connectivity index (χ4v) is 2.90. The molecule has 1 aromatic heterocycles. The fraction of sp³-hybridized carbons (Fsp3) is 0.350. The molecular weight excluding hydrogens is 330 g/mol. The number of carbonyl (C=O) groups excluding carboxylic acids is 2. The van der Waals surface area contributed by atoms with Gasteiger partial charge in [-0.05, 0) is 38.5 Å². The Morgan fingerprint density at radius 2 is 2.04 bits per heavy atom. The molecule has 1 heterocycles. The van der Waals surface area contributed by atoms with Gasteiger partial charge in [-0.2, -0.15) is 5.26 Å². The minimum absolute atomic E-state index is 0.378. The number of aromatic nitrogens is 1. The van der Waals surface area contributed by atoms with E-state index < -0.39 is 17.6 Å². The molecule has 0 fully saturated rings. The van der Waals surface area contributed by atoms with Crippen LogP contribution in [0.3, 0.4) is 0 Å². The molecule has 1 unspecified atom stereocenters. The lowest BCUT2D eigenvalue weighted by atomic mass is 9.98. The van der Waals surface area contributed by atoms with Crippen LogP contribution in [0.1, 0.15) is 35.1 Å². The van der Waals surface area contributed by atoms with Crippen LogP contribution in [-0.4, -0.2) is 29.9 Å². The predicted molar refractivity (Wildman–Crippen MR) is 98.5 cm³/mol. The number of carbonyl (C=O) groups is 2. The van der Waals surface area contributed by atoms with E-state index in [1.807, 2.05) is 48.7 Å². The Hall–Kier alpha value is -3.07. The number of amides is 1. The first-order valence-corrected chi connectivity index (χ1v) is 8.49. The van der Waals surface area contributed by atoms with Gasteiger partial charge in [0.15, 0.2) is 11.7 Å². The van der Waals surface area contributed by atoms with Crippen LogP contribution in [0.5, 0.6) is 5.75 Å². The molecular formula is C20H23N3O3. The van der Waals surface area contributed by atoms with Gasteiger partial charge in [0.1, 0.15) is 5.75 Å². The van der Waals surface area contributed by atoms with Gasteiger partial charge in [0.2, 0.25) is 5.91 Å². The number of nitriles is 1. The number of hydrogen-bond donors (Lipinski definition) is 1. The second-order valence-corrected chi connectivity index (χ2v) is 6.04. The van der Waals surface area contributed by atoms with Crippen molar-refractivity contribution in [2.75, 3.05) is 13.7 Å². The summed E-state index contributed by atoms with van der Waals surface area (Å²) >= 11 is 0. The first-order chi connectivity index (χ1) is 12.4. The third-order valence-electron chi connectivity index (χ3n) is 4.21. The zero-order chi connectivity index (χ0) is 19.3. The summed E-state index contributed by atoms with van der Waals surface area (Å²) in [6, 6.07) is 11.0. The summed E-state index contributed by atoms with van der Waals surface area (Å²) in [5.74, 6) is -1.67. The molecule has 2 rings (SSSR count). The number of hydrogen-bond acceptors (Lipinski definition) is 4. The van der Waals surface area contributed by atoms with Gasteiger partial charge in [-0.15, -0.1) is 0 Å². The maximum atomic E-state index is 12.8. The lowest BCUT2D eigenvalue weighted by molar-refractivity contribution is -0.122. The number of ketones is 1. The molecule has 6 heteroatoms. The monoisotopic (exact) mass is 353 g/mol. The van der Waals surface area contributed by atoms with E-state index in [9.17, 15) is 14.9 Å². The van der Waals surface area contributed by atoms with Gasteiger partial charge < -0.3 is 14.6 Å². The molecule has 0 bridgehead atoms. The topological polar surface area (TPSA) is 84.1 Å². The normalized spacial score (nSPS) is 11.5. The summed E-state index contributed by atoms with van der Waals surface area (Å²) in [6.45, 7) is 6.03. The van der Waals surface area contributed by atoms with E-state index in [0.29, 0.717) is 23.6 Å². The van der Waals surface area contributed by atoms with Gasteiger partial charge in [0, 0.05) is 35.2 Å². The van der Waals surface area contributed by atoms with Gasteiger partial charge in [-0.1, -0.05) is 13.0 Å². The molecule has 136 valence electrons. The molecule has 1 aromatic carbocycles. The number of methoxy groups -OCH3 is 1. The highest BCUT2D eigenvalue weighted by Crippen LogP contribution is 2.25. The Bertz CT molecular complexity index is 862. The van der Waals surface area contributed by atoms with Gasteiger partial charge in [-0.25, -0.2) is 0 Å². The highest BCUT2D eigenvalue weighted by Gasteiger charge is 2.30. The average Bonchev–Trinajstić information content (AvgIpc) is 2.94. The zero-order valence-corrected chi connectivity index (χ0v) is 15.5. The van der Waals surface area contributed by atoms with E-state index in [1.165, 1.54) is 0 Å². The SMILES string of the molecule is CCCNC(=O)C(C#N)C(=O)c1cc(C)n(-c2cccc(OC)c2)c1C. The molecule has 1 N–H and O–H groups in total. The standard InChI is InChI=1S/C20H23N3O3/c1-5-9-22-20(25)18(12-21)19(24)17-10-13(2)23(14(17)3)15-7-6-8-16(11-15)26-4/h6-8,10-11,18H,5,9H2,1-4H3,(H,22,25). The molecule has 1 amide bonds. The molecule has 1 atom stereocenters. The molecule has 0 saturated heterocycles. The van der Waals surface area contributed by atoms with E-state index in [1.54, 1.807) is 20.1 Å². The fourth-order valence-electron chi connectivity index (χ4n) is 2.90. The third kappa shape index (κ3) is 3.77. The van der Waals surface area contributed by atoms with Crippen LogP contribution in [0.4, 0.5) is 0 Å². The minimum atomic E-state index is -1.35. The number of aryl methyl sites for hydroxylation is 1. The lowest BCUT2D eigenvalue weighted by Gasteiger charge is -2.12. The van der Waals surface area contributed by atoms with E-state index in [4.69, 9.17) is 4.74 Å². The average molecular weight is 353 g/mol. The summed E-state index contributed by atoms with van der Waals surface area (Å²) in [7, 11) is 1.59. The summed E-state index contributed by atoms with van der Waals surface area (Å²) in [6.07, 6.45) is 0.739. The van der Waals surface area contributed by atoms with Crippen LogP contribution in [-0.2, 0) is 4.79 Å². The minimum Gasteiger partial charge on any atom is -0.497 e.